The first-order chi connectivity index (χ1) is 12.2. The first-order valence-electron chi connectivity index (χ1n) is 9.66. The molecule has 0 spiro atoms. The summed E-state index contributed by atoms with van der Waals surface area (Å²) < 4.78 is 12.3. The second kappa shape index (κ2) is 10.8. The zero-order chi connectivity index (χ0) is 19.7. The molecule has 1 heterocycles. The van der Waals surface area contributed by atoms with Gasteiger partial charge in [-0.05, 0) is 35.7 Å². The lowest BCUT2D eigenvalue weighted by Gasteiger charge is -2.42. The van der Waals surface area contributed by atoms with Gasteiger partial charge >= 0.3 is 0 Å². The Morgan fingerprint density at radius 1 is 1.08 bits per heavy atom. The lowest BCUT2D eigenvalue weighted by atomic mass is 10.4. The number of hydrogen-bond donors (Lipinski definition) is 1. The molecular weight excluding hydrogens is 344 g/mol. The fourth-order valence-corrected chi connectivity index (χ4v) is 9.33. The van der Waals surface area contributed by atoms with E-state index in [4.69, 9.17) is 9.16 Å². The van der Waals surface area contributed by atoms with E-state index in [0.717, 1.165) is 0 Å². The molecule has 1 N–H and O–H groups in total. The molecule has 0 aliphatic carbocycles. The average molecular weight is 381 g/mol. The second-order valence-corrected chi connectivity index (χ2v) is 13.3. The molecule has 1 amide bonds. The number of aromatic nitrogens is 1. The zero-order valence-electron chi connectivity index (χ0n) is 17.4. The molecule has 0 bridgehead atoms. The first-order valence-corrected chi connectivity index (χ1v) is 11.8. The predicted molar refractivity (Wildman–Crippen MR) is 110 cm³/mol. The molecule has 0 saturated heterocycles. The lowest BCUT2D eigenvalue weighted by Crippen LogP contribution is -2.49. The fraction of sp³-hybridized carbons (Fsp3) is 0.700. The number of rotatable bonds is 11. The Balaban J connectivity index is 2.41. The smallest absolute Gasteiger partial charge is 0.227 e. The van der Waals surface area contributed by atoms with Crippen LogP contribution in [0, 0.1) is 0 Å². The number of ether oxygens (including phenoxy) is 1. The number of carbonyl (C=O) groups is 1. The van der Waals surface area contributed by atoms with Crippen LogP contribution in [0.25, 0.3) is 0 Å². The van der Waals surface area contributed by atoms with Gasteiger partial charge in [-0.3, -0.25) is 4.79 Å². The Labute approximate surface area is 160 Å². The molecule has 0 saturated carbocycles. The van der Waals surface area contributed by atoms with Crippen molar-refractivity contribution in [1.29, 1.82) is 0 Å². The summed E-state index contributed by atoms with van der Waals surface area (Å²) in [5, 5.41) is 2.76. The molecule has 1 atom stereocenters. The molecular formula is C20H36N2O3Si. The summed E-state index contributed by atoms with van der Waals surface area (Å²) in [6.45, 7) is 16.6. The second-order valence-electron chi connectivity index (χ2n) is 7.82. The van der Waals surface area contributed by atoms with Gasteiger partial charge in [0.15, 0.2) is 8.32 Å². The van der Waals surface area contributed by atoms with Crippen molar-refractivity contribution < 1.29 is 14.0 Å². The van der Waals surface area contributed by atoms with Crippen molar-refractivity contribution >= 4 is 20.0 Å². The number of nitrogens with zero attached hydrogens (tertiary/aromatic N) is 1. The van der Waals surface area contributed by atoms with E-state index in [9.17, 15) is 4.79 Å². The van der Waals surface area contributed by atoms with E-state index in [0.29, 0.717) is 42.1 Å². The maximum atomic E-state index is 11.9. The standard InChI is InChI=1S/C20H36N2O3Si/c1-15(2)26(16(3)4,17(5)6)25-14-18(7)24-13-11-20(23)22-19-10-8-9-12-21-19/h8-10,12,15-18H,11,13-14H2,1-7H3,(H,21,22,23)/t18-/m1/s1. The van der Waals surface area contributed by atoms with Crippen molar-refractivity contribution in [2.45, 2.75) is 77.6 Å². The number of hydrogen-bond acceptors (Lipinski definition) is 4. The van der Waals surface area contributed by atoms with Crippen LogP contribution in [0.4, 0.5) is 5.82 Å². The van der Waals surface area contributed by atoms with Crippen molar-refractivity contribution in [3.8, 4) is 0 Å². The van der Waals surface area contributed by atoms with Gasteiger partial charge in [0.05, 0.1) is 25.7 Å². The highest BCUT2D eigenvalue weighted by Crippen LogP contribution is 2.42. The van der Waals surface area contributed by atoms with Gasteiger partial charge in [0, 0.05) is 6.20 Å². The van der Waals surface area contributed by atoms with Crippen molar-refractivity contribution in [3.63, 3.8) is 0 Å². The van der Waals surface area contributed by atoms with Gasteiger partial charge in [-0.25, -0.2) is 4.98 Å². The number of pyridine rings is 1. The molecule has 26 heavy (non-hydrogen) atoms. The summed E-state index contributed by atoms with van der Waals surface area (Å²) in [5.74, 6) is 0.475. The third-order valence-corrected chi connectivity index (χ3v) is 11.0. The monoisotopic (exact) mass is 380 g/mol. The summed E-state index contributed by atoms with van der Waals surface area (Å²) in [6, 6.07) is 5.42. The van der Waals surface area contributed by atoms with Gasteiger partial charge in [0.25, 0.3) is 0 Å². The van der Waals surface area contributed by atoms with Gasteiger partial charge in [-0.15, -0.1) is 0 Å². The number of carbonyl (C=O) groups excluding carboxylic acids is 1. The van der Waals surface area contributed by atoms with Crippen LogP contribution in [0.15, 0.2) is 24.4 Å². The Morgan fingerprint density at radius 2 is 1.69 bits per heavy atom. The van der Waals surface area contributed by atoms with Crippen LogP contribution in [-0.4, -0.2) is 38.5 Å². The van der Waals surface area contributed by atoms with Crippen molar-refractivity contribution in [2.24, 2.45) is 0 Å². The average Bonchev–Trinajstić information content (AvgIpc) is 2.55. The van der Waals surface area contributed by atoms with Crippen molar-refractivity contribution in [3.05, 3.63) is 24.4 Å². The maximum absolute atomic E-state index is 11.9. The minimum absolute atomic E-state index is 0.0271. The molecule has 1 aromatic heterocycles. The maximum Gasteiger partial charge on any atom is 0.227 e. The lowest BCUT2D eigenvalue weighted by molar-refractivity contribution is -0.117. The molecule has 1 rings (SSSR count). The fourth-order valence-electron chi connectivity index (χ4n) is 3.80. The highest BCUT2D eigenvalue weighted by atomic mass is 28.4. The molecule has 0 unspecified atom stereocenters. The van der Waals surface area contributed by atoms with Gasteiger partial charge in [0.2, 0.25) is 5.91 Å². The van der Waals surface area contributed by atoms with E-state index < -0.39 is 8.32 Å². The molecule has 0 aliphatic rings. The summed E-state index contributed by atoms with van der Waals surface area (Å²) in [4.78, 5) is 16.0. The number of amides is 1. The third-order valence-electron chi connectivity index (χ3n) is 4.94. The van der Waals surface area contributed by atoms with Crippen LogP contribution in [0.2, 0.25) is 16.6 Å². The van der Waals surface area contributed by atoms with Crippen molar-refractivity contribution in [2.75, 3.05) is 18.5 Å². The SMILES string of the molecule is CC(C)[Si](OC[C@@H](C)OCCC(=O)Nc1ccccn1)(C(C)C)C(C)C. The van der Waals surface area contributed by atoms with E-state index >= 15 is 0 Å². The van der Waals surface area contributed by atoms with Crippen LogP contribution in [-0.2, 0) is 14.0 Å². The minimum atomic E-state index is -1.87. The quantitative estimate of drug-likeness (QED) is 0.548. The molecule has 6 heteroatoms. The predicted octanol–water partition coefficient (Wildman–Crippen LogP) is 5.01. The number of anilines is 1. The molecule has 0 fully saturated rings. The zero-order valence-corrected chi connectivity index (χ0v) is 18.4. The van der Waals surface area contributed by atoms with Gasteiger partial charge in [-0.2, -0.15) is 0 Å². The van der Waals surface area contributed by atoms with E-state index in [1.807, 2.05) is 19.1 Å². The highest BCUT2D eigenvalue weighted by Gasteiger charge is 2.45. The minimum Gasteiger partial charge on any atom is -0.413 e. The molecule has 5 nitrogen and oxygen atoms in total. The van der Waals surface area contributed by atoms with Crippen LogP contribution in [0.5, 0.6) is 0 Å². The van der Waals surface area contributed by atoms with Gasteiger partial charge < -0.3 is 14.5 Å². The Hall–Kier alpha value is -1.24. The first kappa shape index (κ1) is 22.8. The van der Waals surface area contributed by atoms with E-state index in [-0.39, 0.29) is 12.0 Å². The Kier molecular flexibility index (Phi) is 9.47. The normalized spacial score (nSPS) is 13.5. The molecule has 0 aliphatic heterocycles. The van der Waals surface area contributed by atoms with Crippen LogP contribution < -0.4 is 5.32 Å². The summed E-state index contributed by atoms with van der Waals surface area (Å²) in [5.41, 5.74) is 1.66. The topological polar surface area (TPSA) is 60.5 Å². The van der Waals surface area contributed by atoms with Crippen LogP contribution in [0.1, 0.15) is 54.9 Å². The molecule has 148 valence electrons. The summed E-state index contributed by atoms with van der Waals surface area (Å²) in [6.07, 6.45) is 1.93. The Morgan fingerprint density at radius 3 is 2.19 bits per heavy atom. The molecule has 0 radical (unpaired) electrons. The summed E-state index contributed by atoms with van der Waals surface area (Å²) >= 11 is 0. The highest BCUT2D eigenvalue weighted by molar-refractivity contribution is 6.77. The van der Waals surface area contributed by atoms with E-state index in [1.165, 1.54) is 0 Å². The largest absolute Gasteiger partial charge is 0.413 e. The van der Waals surface area contributed by atoms with Crippen molar-refractivity contribution in [1.82, 2.24) is 4.98 Å². The van der Waals surface area contributed by atoms with E-state index in [2.05, 4.69) is 51.8 Å². The van der Waals surface area contributed by atoms with Crippen LogP contribution >= 0.6 is 0 Å². The number of nitrogens with one attached hydrogen (secondary N) is 1. The van der Waals surface area contributed by atoms with Gasteiger partial charge in [-0.1, -0.05) is 47.6 Å². The Bertz CT molecular complexity index is 513. The molecule has 1 aromatic rings. The molecule has 0 aromatic carbocycles. The van der Waals surface area contributed by atoms with Crippen LogP contribution in [0.3, 0.4) is 0 Å². The third kappa shape index (κ3) is 6.48. The summed E-state index contributed by atoms with van der Waals surface area (Å²) in [7, 11) is -1.87. The van der Waals surface area contributed by atoms with Gasteiger partial charge in [0.1, 0.15) is 5.82 Å². The van der Waals surface area contributed by atoms with E-state index in [1.54, 1.807) is 12.3 Å².